The lowest BCUT2D eigenvalue weighted by molar-refractivity contribution is -0.131. The van der Waals surface area contributed by atoms with Crippen molar-refractivity contribution < 1.29 is 14.1 Å². The van der Waals surface area contributed by atoms with Gasteiger partial charge in [0.1, 0.15) is 11.5 Å². The van der Waals surface area contributed by atoms with Gasteiger partial charge in [0.25, 0.3) is 0 Å². The van der Waals surface area contributed by atoms with Crippen molar-refractivity contribution in [3.63, 3.8) is 0 Å². The van der Waals surface area contributed by atoms with E-state index in [-0.39, 0.29) is 23.9 Å². The van der Waals surface area contributed by atoms with Crippen molar-refractivity contribution in [2.75, 3.05) is 20.2 Å². The summed E-state index contributed by atoms with van der Waals surface area (Å²) in [5, 5.41) is 4.03. The topological polar surface area (TPSA) is 79.6 Å². The van der Waals surface area contributed by atoms with E-state index in [1.807, 2.05) is 42.2 Å². The number of rotatable bonds is 5. The first-order chi connectivity index (χ1) is 13.2. The summed E-state index contributed by atoms with van der Waals surface area (Å²) in [6.07, 6.45) is 2.40. The van der Waals surface area contributed by atoms with Crippen molar-refractivity contribution in [3.8, 4) is 5.75 Å². The highest BCUT2D eigenvalue weighted by Crippen LogP contribution is 2.32. The van der Waals surface area contributed by atoms with Gasteiger partial charge < -0.3 is 14.2 Å². The van der Waals surface area contributed by atoms with Crippen LogP contribution in [0, 0.1) is 6.92 Å². The Balaban J connectivity index is 1.48. The number of nitrogens with one attached hydrogen (secondary N) is 2. The number of hydrazine groups is 1. The number of carbonyl (C=O) groups is 1. The van der Waals surface area contributed by atoms with Crippen molar-refractivity contribution >= 4 is 5.91 Å². The van der Waals surface area contributed by atoms with Gasteiger partial charge >= 0.3 is 0 Å². The molecule has 2 N–H and O–H groups in total. The van der Waals surface area contributed by atoms with E-state index in [9.17, 15) is 4.79 Å². The van der Waals surface area contributed by atoms with Gasteiger partial charge in [-0.1, -0.05) is 17.3 Å². The highest BCUT2D eigenvalue weighted by Gasteiger charge is 2.42. The molecule has 7 heteroatoms. The van der Waals surface area contributed by atoms with Crippen LogP contribution in [0.1, 0.15) is 35.8 Å². The Morgan fingerprint density at radius 1 is 1.41 bits per heavy atom. The molecule has 3 atom stereocenters. The lowest BCUT2D eigenvalue weighted by Crippen LogP contribution is -2.50. The first-order valence-corrected chi connectivity index (χ1v) is 9.49. The molecule has 7 nitrogen and oxygen atoms in total. The van der Waals surface area contributed by atoms with E-state index in [2.05, 4.69) is 16.0 Å². The van der Waals surface area contributed by atoms with Gasteiger partial charge in [0.05, 0.1) is 31.2 Å². The smallest absolute Gasteiger partial charge is 0.227 e. The normalized spacial score (nSPS) is 25.1. The molecule has 27 heavy (non-hydrogen) atoms. The Hall–Kier alpha value is -2.38. The second-order valence-corrected chi connectivity index (χ2v) is 7.35. The first kappa shape index (κ1) is 18.0. The third-order valence-corrected chi connectivity index (χ3v) is 5.56. The van der Waals surface area contributed by atoms with Gasteiger partial charge in [0.15, 0.2) is 0 Å². The molecule has 3 heterocycles. The first-order valence-electron chi connectivity index (χ1n) is 9.49. The van der Waals surface area contributed by atoms with Crippen molar-refractivity contribution in [2.24, 2.45) is 0 Å². The monoisotopic (exact) mass is 370 g/mol. The summed E-state index contributed by atoms with van der Waals surface area (Å²) in [6.45, 7) is 3.50. The number of benzene rings is 1. The molecular formula is C20H26N4O3. The molecule has 2 fully saturated rings. The van der Waals surface area contributed by atoms with Gasteiger partial charge in [-0.15, -0.1) is 0 Å². The molecule has 2 saturated heterocycles. The number of likely N-dealkylation sites (tertiary alicyclic amines) is 1. The summed E-state index contributed by atoms with van der Waals surface area (Å²) in [5.41, 5.74) is 8.47. The minimum Gasteiger partial charge on any atom is -0.497 e. The molecule has 1 amide bonds. The van der Waals surface area contributed by atoms with E-state index in [0.29, 0.717) is 6.42 Å². The van der Waals surface area contributed by atoms with Crippen molar-refractivity contribution in [1.29, 1.82) is 0 Å². The highest BCUT2D eigenvalue weighted by molar-refractivity contribution is 5.79. The third-order valence-electron chi connectivity index (χ3n) is 5.56. The van der Waals surface area contributed by atoms with Gasteiger partial charge in [-0.2, -0.15) is 0 Å². The van der Waals surface area contributed by atoms with Crippen molar-refractivity contribution in [3.05, 3.63) is 47.3 Å². The number of ether oxygens (including phenoxy) is 1. The van der Waals surface area contributed by atoms with Gasteiger partial charge in [0.2, 0.25) is 5.91 Å². The lowest BCUT2D eigenvalue weighted by Gasteiger charge is -2.31. The minimum absolute atomic E-state index is 0.120. The predicted octanol–water partition coefficient (Wildman–Crippen LogP) is 1.79. The maximum absolute atomic E-state index is 13.0. The van der Waals surface area contributed by atoms with Crippen LogP contribution in [-0.4, -0.2) is 48.2 Å². The molecule has 1 aromatic carbocycles. The Kier molecular flexibility index (Phi) is 5.13. The number of carbonyl (C=O) groups excluding carboxylic acids is 1. The lowest BCUT2D eigenvalue weighted by atomic mass is 9.91. The van der Waals surface area contributed by atoms with E-state index in [4.69, 9.17) is 9.26 Å². The molecule has 3 unspecified atom stereocenters. The molecule has 0 saturated carbocycles. The second-order valence-electron chi connectivity index (χ2n) is 7.35. The van der Waals surface area contributed by atoms with E-state index in [1.54, 1.807) is 7.11 Å². The zero-order valence-electron chi connectivity index (χ0n) is 15.8. The van der Waals surface area contributed by atoms with Crippen LogP contribution >= 0.6 is 0 Å². The molecule has 0 aliphatic carbocycles. The molecule has 4 rings (SSSR count). The quantitative estimate of drug-likeness (QED) is 0.835. The number of hydrogen-bond donors (Lipinski definition) is 2. The van der Waals surface area contributed by atoms with Crippen LogP contribution in [0.25, 0.3) is 0 Å². The molecule has 144 valence electrons. The minimum atomic E-state index is 0.120. The van der Waals surface area contributed by atoms with Crippen molar-refractivity contribution in [1.82, 2.24) is 20.9 Å². The zero-order valence-corrected chi connectivity index (χ0v) is 15.8. The Morgan fingerprint density at radius 3 is 3.07 bits per heavy atom. The summed E-state index contributed by atoms with van der Waals surface area (Å²) in [6, 6.07) is 9.98. The van der Waals surface area contributed by atoms with Gasteiger partial charge in [-0.05, 0) is 37.5 Å². The van der Waals surface area contributed by atoms with Gasteiger partial charge in [-0.25, -0.2) is 0 Å². The molecule has 1 aromatic heterocycles. The van der Waals surface area contributed by atoms with Crippen LogP contribution in [0.4, 0.5) is 0 Å². The summed E-state index contributed by atoms with van der Waals surface area (Å²) >= 11 is 0. The molecular weight excluding hydrogens is 344 g/mol. The van der Waals surface area contributed by atoms with Crippen LogP contribution < -0.4 is 15.6 Å². The number of aromatic nitrogens is 1. The zero-order chi connectivity index (χ0) is 18.8. The van der Waals surface area contributed by atoms with Crippen LogP contribution in [0.5, 0.6) is 5.75 Å². The summed E-state index contributed by atoms with van der Waals surface area (Å²) < 4.78 is 10.8. The summed E-state index contributed by atoms with van der Waals surface area (Å²) in [5.74, 6) is 1.98. The largest absolute Gasteiger partial charge is 0.497 e. The summed E-state index contributed by atoms with van der Waals surface area (Å²) in [7, 11) is 1.64. The number of methoxy groups -OCH3 is 1. The number of nitrogens with zero attached hydrogens (tertiary/aromatic N) is 2. The van der Waals surface area contributed by atoms with Gasteiger partial charge in [0, 0.05) is 25.2 Å². The predicted molar refractivity (Wildman–Crippen MR) is 100 cm³/mol. The molecule has 0 bridgehead atoms. The van der Waals surface area contributed by atoms with Crippen LogP contribution in [-0.2, 0) is 11.2 Å². The third kappa shape index (κ3) is 3.70. The average molecular weight is 370 g/mol. The number of amides is 1. The molecule has 0 radical (unpaired) electrons. The van der Waals surface area contributed by atoms with Crippen LogP contribution in [0.2, 0.25) is 0 Å². The fourth-order valence-electron chi connectivity index (χ4n) is 4.25. The van der Waals surface area contributed by atoms with E-state index >= 15 is 0 Å². The van der Waals surface area contributed by atoms with Crippen molar-refractivity contribution in [2.45, 2.75) is 44.2 Å². The number of hydrogen-bond acceptors (Lipinski definition) is 6. The van der Waals surface area contributed by atoms with E-state index in [1.165, 1.54) is 0 Å². The second kappa shape index (κ2) is 7.70. The number of aryl methyl sites for hydroxylation is 1. The standard InChI is InChI=1S/C20H26N4O3/c1-13-9-18(27-23-13)16-12-21-22-20(16)17-7-4-8-24(17)19(25)11-14-5-3-6-15(10-14)26-2/h3,5-6,9-10,16-17,20-22H,4,7-8,11-12H2,1-2H3. The van der Waals surface area contributed by atoms with Gasteiger partial charge in [-0.3, -0.25) is 15.6 Å². The summed E-state index contributed by atoms with van der Waals surface area (Å²) in [4.78, 5) is 15.1. The van der Waals surface area contributed by atoms with Crippen LogP contribution in [0.3, 0.4) is 0 Å². The Labute approximate surface area is 159 Å². The average Bonchev–Trinajstić information content (AvgIpc) is 3.41. The molecule has 2 aliphatic rings. The Bertz CT molecular complexity index is 806. The SMILES string of the molecule is COc1cccc(CC(=O)N2CCCC2C2NNCC2c2cc(C)no2)c1. The maximum Gasteiger partial charge on any atom is 0.227 e. The molecule has 0 spiro atoms. The molecule has 2 aliphatic heterocycles. The highest BCUT2D eigenvalue weighted by atomic mass is 16.5. The van der Waals surface area contributed by atoms with Crippen LogP contribution in [0.15, 0.2) is 34.9 Å². The maximum atomic E-state index is 13.0. The van der Waals surface area contributed by atoms with E-state index < -0.39 is 0 Å². The fraction of sp³-hybridized carbons (Fsp3) is 0.500. The molecule has 2 aromatic rings. The van der Waals surface area contributed by atoms with E-state index in [0.717, 1.165) is 48.7 Å². The fourth-order valence-corrected chi connectivity index (χ4v) is 4.25. The Morgan fingerprint density at radius 2 is 2.30 bits per heavy atom.